The summed E-state index contributed by atoms with van der Waals surface area (Å²) in [5, 5.41) is 8.92. The first-order valence-electron chi connectivity index (χ1n) is 3.46. The van der Waals surface area contributed by atoms with Crippen LogP contribution in [0, 0.1) is 0 Å². The van der Waals surface area contributed by atoms with Crippen molar-refractivity contribution in [2.45, 2.75) is 6.36 Å². The number of hydrogen-bond acceptors (Lipinski definition) is 3. The Bertz CT molecular complexity index is 346. The van der Waals surface area contributed by atoms with Gasteiger partial charge in [-0.15, -0.1) is 13.2 Å². The minimum Gasteiger partial charge on any atom is -0.508 e. The van der Waals surface area contributed by atoms with E-state index in [-0.39, 0.29) is 5.56 Å². The minimum atomic E-state index is -4.84. The predicted molar refractivity (Wildman–Crippen MR) is 40.2 cm³/mol. The van der Waals surface area contributed by atoms with E-state index in [0.717, 1.165) is 18.2 Å². The molecule has 0 atom stereocenters. The Balaban J connectivity index is 2.98. The summed E-state index contributed by atoms with van der Waals surface area (Å²) < 4.78 is 38.7. The Morgan fingerprint density at radius 2 is 1.93 bits per heavy atom. The van der Waals surface area contributed by atoms with Crippen LogP contribution in [0.5, 0.6) is 11.5 Å². The lowest BCUT2D eigenvalue weighted by Gasteiger charge is -2.09. The highest BCUT2D eigenvalue weighted by Crippen LogP contribution is 2.26. The molecule has 14 heavy (non-hydrogen) atoms. The lowest BCUT2D eigenvalue weighted by atomic mass is 10.2. The highest BCUT2D eigenvalue weighted by molar-refractivity contribution is 5.76. The van der Waals surface area contributed by atoms with Crippen molar-refractivity contribution in [1.29, 1.82) is 0 Å². The number of aromatic hydroxyl groups is 1. The highest BCUT2D eigenvalue weighted by Gasteiger charge is 2.31. The first-order chi connectivity index (χ1) is 6.40. The Morgan fingerprint density at radius 1 is 1.29 bits per heavy atom. The molecule has 0 aliphatic heterocycles. The monoisotopic (exact) mass is 206 g/mol. The van der Waals surface area contributed by atoms with Crippen LogP contribution in [0.2, 0.25) is 0 Å². The Kier molecular flexibility index (Phi) is 2.64. The van der Waals surface area contributed by atoms with Crippen LogP contribution in [0.1, 0.15) is 10.4 Å². The average molecular weight is 206 g/mol. The molecule has 0 fully saturated rings. The molecule has 0 radical (unpaired) electrons. The summed E-state index contributed by atoms with van der Waals surface area (Å²) in [4.78, 5) is 10.2. The van der Waals surface area contributed by atoms with Crippen LogP contribution in [0.3, 0.4) is 0 Å². The first-order valence-corrected chi connectivity index (χ1v) is 3.46. The summed E-state index contributed by atoms with van der Waals surface area (Å²) in [7, 11) is 0. The number of phenols is 1. The molecule has 0 amide bonds. The maximum atomic E-state index is 11.7. The molecule has 1 aromatic carbocycles. The van der Waals surface area contributed by atoms with E-state index < -0.39 is 17.9 Å². The normalized spacial score (nSPS) is 11.1. The molecule has 3 nitrogen and oxygen atoms in total. The number of hydrogen-bond donors (Lipinski definition) is 1. The van der Waals surface area contributed by atoms with Crippen molar-refractivity contribution in [1.82, 2.24) is 0 Å². The zero-order chi connectivity index (χ0) is 10.8. The number of carbonyl (C=O) groups excluding carboxylic acids is 1. The summed E-state index contributed by atoms with van der Waals surface area (Å²) in [6, 6.07) is 2.66. The molecular weight excluding hydrogens is 201 g/mol. The molecule has 0 saturated heterocycles. The molecule has 0 spiro atoms. The second-order valence-corrected chi connectivity index (χ2v) is 2.43. The molecule has 0 aromatic heterocycles. The second kappa shape index (κ2) is 3.57. The van der Waals surface area contributed by atoms with Gasteiger partial charge in [-0.25, -0.2) is 0 Å². The van der Waals surface area contributed by atoms with Crippen molar-refractivity contribution >= 4 is 6.29 Å². The van der Waals surface area contributed by atoms with Gasteiger partial charge in [-0.1, -0.05) is 0 Å². The van der Waals surface area contributed by atoms with Crippen LogP contribution in [-0.2, 0) is 0 Å². The van der Waals surface area contributed by atoms with E-state index in [0.29, 0.717) is 6.29 Å². The van der Waals surface area contributed by atoms with Gasteiger partial charge < -0.3 is 9.84 Å². The predicted octanol–water partition coefficient (Wildman–Crippen LogP) is 2.10. The Labute approximate surface area is 76.7 Å². The van der Waals surface area contributed by atoms with Crippen molar-refractivity contribution in [3.8, 4) is 11.5 Å². The minimum absolute atomic E-state index is 0.0933. The number of phenolic OH excluding ortho intramolecular Hbond substituents is 1. The molecule has 0 saturated carbocycles. The third-order valence-corrected chi connectivity index (χ3v) is 1.28. The summed E-state index contributed by atoms with van der Waals surface area (Å²) in [6.45, 7) is 0. The van der Waals surface area contributed by atoms with E-state index in [1.807, 2.05) is 0 Å². The van der Waals surface area contributed by atoms with Crippen molar-refractivity contribution < 1.29 is 27.8 Å². The second-order valence-electron chi connectivity index (χ2n) is 2.43. The van der Waals surface area contributed by atoms with Crippen LogP contribution in [-0.4, -0.2) is 17.8 Å². The van der Waals surface area contributed by atoms with E-state index >= 15 is 0 Å². The number of rotatable bonds is 2. The molecule has 0 unspecified atom stereocenters. The topological polar surface area (TPSA) is 46.5 Å². The number of alkyl halides is 3. The van der Waals surface area contributed by atoms with Crippen LogP contribution in [0.15, 0.2) is 18.2 Å². The van der Waals surface area contributed by atoms with E-state index in [9.17, 15) is 18.0 Å². The number of benzene rings is 1. The zero-order valence-electron chi connectivity index (χ0n) is 6.71. The lowest BCUT2D eigenvalue weighted by molar-refractivity contribution is -0.274. The van der Waals surface area contributed by atoms with Gasteiger partial charge in [0.25, 0.3) is 0 Å². The third kappa shape index (κ3) is 2.96. The third-order valence-electron chi connectivity index (χ3n) is 1.28. The lowest BCUT2D eigenvalue weighted by Crippen LogP contribution is -2.17. The molecule has 0 bridgehead atoms. The SMILES string of the molecule is O=Cc1cc(O)cc(OC(F)(F)F)c1. The van der Waals surface area contributed by atoms with Crippen molar-refractivity contribution in [2.75, 3.05) is 0 Å². The standard InChI is InChI=1S/C8H5F3O3/c9-8(10,11)14-7-2-5(4-12)1-6(13)3-7/h1-4,13H. The number of ether oxygens (including phenoxy) is 1. The van der Waals surface area contributed by atoms with Gasteiger partial charge in [0.1, 0.15) is 17.8 Å². The fourth-order valence-corrected chi connectivity index (χ4v) is 0.866. The maximum absolute atomic E-state index is 11.7. The van der Waals surface area contributed by atoms with E-state index in [2.05, 4.69) is 4.74 Å². The van der Waals surface area contributed by atoms with Crippen molar-refractivity contribution in [2.24, 2.45) is 0 Å². The van der Waals surface area contributed by atoms with E-state index in [4.69, 9.17) is 5.11 Å². The zero-order valence-corrected chi connectivity index (χ0v) is 6.71. The molecule has 76 valence electrons. The molecule has 0 aliphatic rings. The van der Waals surface area contributed by atoms with Gasteiger partial charge in [0.15, 0.2) is 0 Å². The van der Waals surface area contributed by atoms with Crippen molar-refractivity contribution in [3.63, 3.8) is 0 Å². The molecule has 1 N–H and O–H groups in total. The highest BCUT2D eigenvalue weighted by atomic mass is 19.4. The van der Waals surface area contributed by atoms with Crippen molar-refractivity contribution in [3.05, 3.63) is 23.8 Å². The van der Waals surface area contributed by atoms with Crippen LogP contribution in [0.4, 0.5) is 13.2 Å². The van der Waals surface area contributed by atoms with Crippen LogP contribution < -0.4 is 4.74 Å². The number of halogens is 3. The van der Waals surface area contributed by atoms with Gasteiger partial charge in [-0.2, -0.15) is 0 Å². The van der Waals surface area contributed by atoms with Gasteiger partial charge in [0, 0.05) is 11.6 Å². The quantitative estimate of drug-likeness (QED) is 0.753. The number of aldehydes is 1. The molecule has 1 aromatic rings. The summed E-state index contributed by atoms with van der Waals surface area (Å²) in [6.07, 6.45) is -4.53. The van der Waals surface area contributed by atoms with Crippen LogP contribution in [0.25, 0.3) is 0 Å². The van der Waals surface area contributed by atoms with E-state index in [1.54, 1.807) is 0 Å². The maximum Gasteiger partial charge on any atom is 0.573 e. The van der Waals surface area contributed by atoms with E-state index in [1.165, 1.54) is 0 Å². The van der Waals surface area contributed by atoms with Gasteiger partial charge >= 0.3 is 6.36 Å². The van der Waals surface area contributed by atoms with Gasteiger partial charge in [-0.3, -0.25) is 4.79 Å². The fourth-order valence-electron chi connectivity index (χ4n) is 0.866. The molecule has 0 aliphatic carbocycles. The largest absolute Gasteiger partial charge is 0.573 e. The molecule has 0 heterocycles. The van der Waals surface area contributed by atoms with Gasteiger partial charge in [0.2, 0.25) is 0 Å². The summed E-state index contributed by atoms with van der Waals surface area (Å²) in [5.74, 6) is -1.09. The fraction of sp³-hybridized carbons (Fsp3) is 0.125. The summed E-state index contributed by atoms with van der Waals surface area (Å²) >= 11 is 0. The molecule has 6 heteroatoms. The van der Waals surface area contributed by atoms with Gasteiger partial charge in [-0.05, 0) is 12.1 Å². The van der Waals surface area contributed by atoms with Gasteiger partial charge in [0.05, 0.1) is 0 Å². The average Bonchev–Trinajstić information content (AvgIpc) is 1.99. The first kappa shape index (κ1) is 10.4. The summed E-state index contributed by atoms with van der Waals surface area (Å²) in [5.41, 5.74) is -0.0933. The Morgan fingerprint density at radius 3 is 2.43 bits per heavy atom. The molecular formula is C8H5F3O3. The molecule has 1 rings (SSSR count). The number of carbonyl (C=O) groups is 1. The van der Waals surface area contributed by atoms with Crippen LogP contribution >= 0.6 is 0 Å². The Hall–Kier alpha value is -1.72. The smallest absolute Gasteiger partial charge is 0.508 e.